The van der Waals surface area contributed by atoms with Gasteiger partial charge in [0.1, 0.15) is 0 Å². The first-order valence-electron chi connectivity index (χ1n) is 4.47. The average molecular weight is 283 g/mol. The number of halogens is 1. The van der Waals surface area contributed by atoms with Gasteiger partial charge in [-0.05, 0) is 0 Å². The Balaban J connectivity index is 0.000000165. The van der Waals surface area contributed by atoms with Gasteiger partial charge < -0.3 is 0 Å². The number of hydrogen-bond acceptors (Lipinski definition) is 0. The van der Waals surface area contributed by atoms with E-state index in [4.69, 9.17) is 8.51 Å². The van der Waals surface area contributed by atoms with E-state index in [2.05, 4.69) is 24.3 Å². The van der Waals surface area contributed by atoms with Crippen LogP contribution in [0.5, 0.6) is 0 Å². The van der Waals surface area contributed by atoms with Gasteiger partial charge in [-0.25, -0.2) is 0 Å². The molecule has 2 heteroatoms. The van der Waals surface area contributed by atoms with Crippen molar-refractivity contribution in [3.8, 4) is 0 Å². The molecule has 0 unspecified atom stereocenters. The number of benzene rings is 1. The molecular formula is C12H12ClZr. The fourth-order valence-electron chi connectivity index (χ4n) is 0.994. The van der Waals surface area contributed by atoms with Crippen molar-refractivity contribution in [3.05, 3.63) is 66.6 Å². The van der Waals surface area contributed by atoms with Crippen molar-refractivity contribution < 1.29 is 22.0 Å². The van der Waals surface area contributed by atoms with Crippen LogP contribution in [0.15, 0.2) is 54.6 Å². The molecule has 0 aromatic heterocycles. The first kappa shape index (κ1) is 11.9. The molecule has 0 heterocycles. The monoisotopic (exact) mass is 281 g/mol. The van der Waals surface area contributed by atoms with E-state index >= 15 is 0 Å². The van der Waals surface area contributed by atoms with Crippen LogP contribution in [0.1, 0.15) is 5.56 Å². The minimum absolute atomic E-state index is 0.542. The summed E-state index contributed by atoms with van der Waals surface area (Å²) in [6, 6.07) is 10.4. The van der Waals surface area contributed by atoms with Crippen molar-refractivity contribution in [1.82, 2.24) is 0 Å². The van der Waals surface area contributed by atoms with E-state index in [1.165, 1.54) is 5.56 Å². The van der Waals surface area contributed by atoms with Gasteiger partial charge in [0.2, 0.25) is 0 Å². The van der Waals surface area contributed by atoms with Crippen LogP contribution in [-0.4, -0.2) is 0 Å². The Labute approximate surface area is 101 Å². The Kier molecular flexibility index (Phi) is 7.00. The molecule has 0 spiro atoms. The van der Waals surface area contributed by atoms with E-state index < -0.39 is 22.0 Å². The van der Waals surface area contributed by atoms with Crippen molar-refractivity contribution in [3.63, 3.8) is 0 Å². The topological polar surface area (TPSA) is 0 Å². The summed E-state index contributed by atoms with van der Waals surface area (Å²) >= 11 is -0.542. The van der Waals surface area contributed by atoms with Gasteiger partial charge >= 0.3 is 70.6 Å². The van der Waals surface area contributed by atoms with E-state index in [1.54, 1.807) is 0 Å². The van der Waals surface area contributed by atoms with Crippen molar-refractivity contribution in [2.45, 2.75) is 4.13 Å². The van der Waals surface area contributed by atoms with Gasteiger partial charge in [-0.2, -0.15) is 0 Å². The fourth-order valence-corrected chi connectivity index (χ4v) is 2.87. The van der Waals surface area contributed by atoms with E-state index in [0.29, 0.717) is 0 Å². The average Bonchev–Trinajstić information content (AvgIpc) is 2.78. The van der Waals surface area contributed by atoms with Crippen molar-refractivity contribution in [2.75, 3.05) is 0 Å². The molecule has 71 valence electrons. The zero-order valence-electron chi connectivity index (χ0n) is 7.86. The van der Waals surface area contributed by atoms with Crippen LogP contribution < -0.4 is 0 Å². The van der Waals surface area contributed by atoms with Crippen LogP contribution in [0.25, 0.3) is 0 Å². The molecule has 0 amide bonds. The standard InChI is InChI=1S/C7H7.C5H5.ClH.Zr/c1-7-5-3-2-4-6-7;1-2-4-5-3-1;;/h2-6H,1H2;1-5H;1H;/q;;;+1/p-1. The molecule has 1 aromatic rings. The molecule has 0 saturated heterocycles. The van der Waals surface area contributed by atoms with Crippen molar-refractivity contribution in [2.24, 2.45) is 0 Å². The third kappa shape index (κ3) is 5.57. The van der Waals surface area contributed by atoms with Gasteiger partial charge in [-0.1, -0.05) is 24.3 Å². The van der Waals surface area contributed by atoms with Crippen LogP contribution in [0, 0.1) is 6.42 Å². The fraction of sp³-hybridized carbons (Fsp3) is 0.0833. The van der Waals surface area contributed by atoms with Crippen LogP contribution in [-0.2, 0) is 26.2 Å². The molecule has 1 aliphatic carbocycles. The maximum absolute atomic E-state index is 5.71. The van der Waals surface area contributed by atoms with Gasteiger partial charge in [-0.3, -0.25) is 0 Å². The molecule has 1 aromatic carbocycles. The molecule has 1 radical (unpaired) electrons. The molecule has 0 aliphatic heterocycles. The molecule has 1 aliphatic rings. The SMILES string of the molecule is [CH]1C=CC=C1.[Cl][Zr][CH2]c1ccccc1. The van der Waals surface area contributed by atoms with E-state index in [-0.39, 0.29) is 0 Å². The second kappa shape index (κ2) is 8.20. The summed E-state index contributed by atoms with van der Waals surface area (Å²) in [6.07, 6.45) is 10.0. The number of allylic oxidation sites excluding steroid dienone is 4. The van der Waals surface area contributed by atoms with Gasteiger partial charge in [0, 0.05) is 6.42 Å². The summed E-state index contributed by atoms with van der Waals surface area (Å²) in [7, 11) is 5.71. The zero-order valence-corrected chi connectivity index (χ0v) is 11.1. The third-order valence-corrected chi connectivity index (χ3v) is 3.79. The normalized spacial score (nSPS) is 12.1. The quantitative estimate of drug-likeness (QED) is 0.775. The van der Waals surface area contributed by atoms with Crippen molar-refractivity contribution in [1.29, 1.82) is 0 Å². The first-order chi connectivity index (χ1) is 6.93. The van der Waals surface area contributed by atoms with E-state index in [9.17, 15) is 0 Å². The van der Waals surface area contributed by atoms with Crippen LogP contribution in [0.4, 0.5) is 0 Å². The second-order valence-corrected chi connectivity index (χ2v) is 5.87. The van der Waals surface area contributed by atoms with E-state index in [0.717, 1.165) is 4.13 Å². The molecule has 14 heavy (non-hydrogen) atoms. The van der Waals surface area contributed by atoms with Gasteiger partial charge in [0.05, 0.1) is 0 Å². The summed E-state index contributed by atoms with van der Waals surface area (Å²) in [5, 5.41) is 0. The minimum atomic E-state index is -0.542. The Morgan fingerprint density at radius 3 is 2.00 bits per heavy atom. The Bertz CT molecular complexity index is 280. The number of rotatable bonds is 2. The second-order valence-electron chi connectivity index (χ2n) is 2.76. The Morgan fingerprint density at radius 1 is 0.929 bits per heavy atom. The van der Waals surface area contributed by atoms with E-state index in [1.807, 2.05) is 36.8 Å². The molecule has 0 fully saturated rings. The first-order valence-corrected chi connectivity index (χ1v) is 9.38. The summed E-state index contributed by atoms with van der Waals surface area (Å²) in [4.78, 5) is 0. The van der Waals surface area contributed by atoms with Crippen LogP contribution in [0.3, 0.4) is 0 Å². The van der Waals surface area contributed by atoms with Crippen molar-refractivity contribution >= 4 is 8.51 Å². The Morgan fingerprint density at radius 2 is 1.57 bits per heavy atom. The molecule has 0 saturated carbocycles. The predicted octanol–water partition coefficient (Wildman–Crippen LogP) is 3.74. The van der Waals surface area contributed by atoms with Gasteiger partial charge in [-0.15, -0.1) is 0 Å². The summed E-state index contributed by atoms with van der Waals surface area (Å²) < 4.78 is 1.14. The molecule has 0 atom stereocenters. The molecule has 0 nitrogen and oxygen atoms in total. The Hall–Kier alpha value is -0.127. The summed E-state index contributed by atoms with van der Waals surface area (Å²) in [6.45, 7) is 0. The van der Waals surface area contributed by atoms with Crippen LogP contribution in [0.2, 0.25) is 0 Å². The molecule has 0 N–H and O–H groups in total. The molecular weight excluding hydrogens is 271 g/mol. The maximum atomic E-state index is 5.71. The third-order valence-electron chi connectivity index (χ3n) is 1.67. The zero-order chi connectivity index (χ0) is 10.1. The van der Waals surface area contributed by atoms with Gasteiger partial charge in [0.25, 0.3) is 0 Å². The van der Waals surface area contributed by atoms with Crippen LogP contribution >= 0.6 is 8.51 Å². The molecule has 2 rings (SSSR count). The molecule has 0 bridgehead atoms. The summed E-state index contributed by atoms with van der Waals surface area (Å²) in [5.74, 6) is 0. The van der Waals surface area contributed by atoms with Gasteiger partial charge in [0.15, 0.2) is 0 Å². The predicted molar refractivity (Wildman–Crippen MR) is 58.6 cm³/mol. The number of hydrogen-bond donors (Lipinski definition) is 0. The summed E-state index contributed by atoms with van der Waals surface area (Å²) in [5.41, 5.74) is 1.39.